The lowest BCUT2D eigenvalue weighted by atomic mass is 10.1. The zero-order valence-corrected chi connectivity index (χ0v) is 15.2. The van der Waals surface area contributed by atoms with Gasteiger partial charge < -0.3 is 10.6 Å². The molecule has 2 aromatic carbocycles. The van der Waals surface area contributed by atoms with Crippen molar-refractivity contribution in [2.45, 2.75) is 24.5 Å². The van der Waals surface area contributed by atoms with Crippen molar-refractivity contribution in [1.82, 2.24) is 0 Å². The number of fused-ring (bicyclic) bond motifs is 1. The lowest BCUT2D eigenvalue weighted by Gasteiger charge is -2.12. The minimum Gasteiger partial charge on any atom is -0.326 e. The van der Waals surface area contributed by atoms with Crippen LogP contribution in [0.15, 0.2) is 48.5 Å². The maximum atomic E-state index is 12.3. The molecule has 1 heterocycles. The SMILES string of the molecule is O=C(CCS[C@@H]1CCc2ccccc2NC1=O)Nc1cccc(Cl)c1. The largest absolute Gasteiger partial charge is 0.326 e. The number of thioether (sulfide) groups is 1. The van der Waals surface area contributed by atoms with Crippen LogP contribution in [0.5, 0.6) is 0 Å². The Balaban J connectivity index is 1.47. The third kappa shape index (κ3) is 5.00. The lowest BCUT2D eigenvalue weighted by molar-refractivity contribution is -0.116. The van der Waals surface area contributed by atoms with Gasteiger partial charge in [0.1, 0.15) is 0 Å². The zero-order chi connectivity index (χ0) is 17.6. The Hall–Kier alpha value is -1.98. The number of benzene rings is 2. The van der Waals surface area contributed by atoms with Crippen LogP contribution in [0.2, 0.25) is 5.02 Å². The van der Waals surface area contributed by atoms with E-state index in [9.17, 15) is 9.59 Å². The van der Waals surface area contributed by atoms with Crippen LogP contribution in [0.4, 0.5) is 11.4 Å². The second-order valence-electron chi connectivity index (χ2n) is 5.85. The fraction of sp³-hybridized carbons (Fsp3) is 0.263. The molecule has 0 fully saturated rings. The highest BCUT2D eigenvalue weighted by Gasteiger charge is 2.23. The summed E-state index contributed by atoms with van der Waals surface area (Å²) in [6.07, 6.45) is 2.00. The van der Waals surface area contributed by atoms with E-state index in [1.54, 1.807) is 24.3 Å². The van der Waals surface area contributed by atoms with E-state index in [0.29, 0.717) is 22.9 Å². The smallest absolute Gasteiger partial charge is 0.237 e. The maximum Gasteiger partial charge on any atom is 0.237 e. The molecule has 2 N–H and O–H groups in total. The van der Waals surface area contributed by atoms with Gasteiger partial charge in [-0.15, -0.1) is 11.8 Å². The highest BCUT2D eigenvalue weighted by atomic mass is 35.5. The number of para-hydroxylation sites is 1. The third-order valence-electron chi connectivity index (χ3n) is 4.00. The van der Waals surface area contributed by atoms with Crippen LogP contribution < -0.4 is 10.6 Å². The van der Waals surface area contributed by atoms with Gasteiger partial charge >= 0.3 is 0 Å². The van der Waals surface area contributed by atoms with Gasteiger partial charge in [0.05, 0.1) is 5.25 Å². The molecule has 1 atom stereocenters. The minimum absolute atomic E-state index is 0.0187. The van der Waals surface area contributed by atoms with Gasteiger partial charge in [-0.1, -0.05) is 35.9 Å². The summed E-state index contributed by atoms with van der Waals surface area (Å²) in [6, 6.07) is 14.9. The third-order valence-corrected chi connectivity index (χ3v) is 5.53. The van der Waals surface area contributed by atoms with E-state index in [0.717, 1.165) is 24.1 Å². The van der Waals surface area contributed by atoms with E-state index < -0.39 is 0 Å². The van der Waals surface area contributed by atoms with Gasteiger partial charge in [-0.3, -0.25) is 9.59 Å². The number of carbonyl (C=O) groups is 2. The number of hydrogen-bond donors (Lipinski definition) is 2. The van der Waals surface area contributed by atoms with Crippen molar-refractivity contribution >= 4 is 46.6 Å². The van der Waals surface area contributed by atoms with Crippen LogP contribution in [0.1, 0.15) is 18.4 Å². The molecule has 4 nitrogen and oxygen atoms in total. The molecule has 2 amide bonds. The number of aryl methyl sites for hydroxylation is 1. The molecule has 0 aromatic heterocycles. The van der Waals surface area contributed by atoms with Crippen LogP contribution in [0.25, 0.3) is 0 Å². The molecular weight excluding hydrogens is 356 g/mol. The molecule has 2 aromatic rings. The summed E-state index contributed by atoms with van der Waals surface area (Å²) in [5.74, 6) is 0.540. The molecule has 0 aliphatic carbocycles. The summed E-state index contributed by atoms with van der Waals surface area (Å²) in [5.41, 5.74) is 2.75. The van der Waals surface area contributed by atoms with Gasteiger partial charge in [0.15, 0.2) is 0 Å². The Bertz CT molecular complexity index is 782. The first-order valence-electron chi connectivity index (χ1n) is 8.17. The average Bonchev–Trinajstić information content (AvgIpc) is 2.74. The van der Waals surface area contributed by atoms with Crippen LogP contribution in [0, 0.1) is 0 Å². The Morgan fingerprint density at radius 2 is 2.08 bits per heavy atom. The molecule has 130 valence electrons. The van der Waals surface area contributed by atoms with Gasteiger partial charge in [-0.25, -0.2) is 0 Å². The van der Waals surface area contributed by atoms with Crippen molar-refractivity contribution < 1.29 is 9.59 Å². The molecule has 6 heteroatoms. The standard InChI is InChI=1S/C19H19ClN2O2S/c20-14-5-3-6-15(12-14)21-18(23)10-11-25-17-9-8-13-4-1-2-7-16(13)22-19(17)24/h1-7,12,17H,8-11H2,(H,21,23)(H,22,24)/t17-/m1/s1. The van der Waals surface area contributed by atoms with Crippen molar-refractivity contribution in [3.05, 3.63) is 59.1 Å². The number of carbonyl (C=O) groups excluding carboxylic acids is 2. The summed E-state index contributed by atoms with van der Waals surface area (Å²) in [5, 5.41) is 6.25. The van der Waals surface area contributed by atoms with E-state index in [1.807, 2.05) is 24.3 Å². The van der Waals surface area contributed by atoms with Crippen molar-refractivity contribution in [2.24, 2.45) is 0 Å². The molecule has 1 aliphatic rings. The predicted molar refractivity (Wildman–Crippen MR) is 104 cm³/mol. The Morgan fingerprint density at radius 1 is 1.24 bits per heavy atom. The Kier molecular flexibility index (Phi) is 6.00. The number of rotatable bonds is 5. The molecule has 1 aliphatic heterocycles. The molecule has 0 spiro atoms. The quantitative estimate of drug-likeness (QED) is 0.817. The van der Waals surface area contributed by atoms with Crippen molar-refractivity contribution in [3.8, 4) is 0 Å². The maximum absolute atomic E-state index is 12.3. The lowest BCUT2D eigenvalue weighted by Crippen LogP contribution is -2.24. The highest BCUT2D eigenvalue weighted by Crippen LogP contribution is 2.27. The first kappa shape index (κ1) is 17.8. The van der Waals surface area contributed by atoms with Crippen LogP contribution in [0.3, 0.4) is 0 Å². The van der Waals surface area contributed by atoms with Gasteiger partial charge in [0, 0.05) is 28.6 Å². The van der Waals surface area contributed by atoms with Crippen LogP contribution in [-0.4, -0.2) is 22.8 Å². The molecule has 0 bridgehead atoms. The monoisotopic (exact) mass is 374 g/mol. The number of hydrogen-bond acceptors (Lipinski definition) is 3. The average molecular weight is 375 g/mol. The predicted octanol–water partition coefficient (Wildman–Crippen LogP) is 4.36. The number of halogens is 1. The summed E-state index contributed by atoms with van der Waals surface area (Å²) < 4.78 is 0. The fourth-order valence-electron chi connectivity index (χ4n) is 2.73. The first-order valence-corrected chi connectivity index (χ1v) is 9.60. The first-order chi connectivity index (χ1) is 12.1. The van der Waals surface area contributed by atoms with Crippen LogP contribution >= 0.6 is 23.4 Å². The second kappa shape index (κ2) is 8.41. The molecule has 0 saturated heterocycles. The molecule has 0 unspecified atom stereocenters. The second-order valence-corrected chi connectivity index (χ2v) is 7.60. The van der Waals surface area contributed by atoms with Gasteiger partial charge in [-0.05, 0) is 42.7 Å². The molecule has 0 radical (unpaired) electrons. The topological polar surface area (TPSA) is 58.2 Å². The summed E-state index contributed by atoms with van der Waals surface area (Å²) in [6.45, 7) is 0. The molecular formula is C19H19ClN2O2S. The van der Waals surface area contributed by atoms with E-state index in [-0.39, 0.29) is 17.1 Å². The van der Waals surface area contributed by atoms with Gasteiger partial charge in [-0.2, -0.15) is 0 Å². The summed E-state index contributed by atoms with van der Waals surface area (Å²) >= 11 is 7.44. The number of nitrogens with one attached hydrogen (secondary N) is 2. The Morgan fingerprint density at radius 3 is 2.92 bits per heavy atom. The summed E-state index contributed by atoms with van der Waals surface area (Å²) in [7, 11) is 0. The Labute approximate surface area is 156 Å². The fourth-order valence-corrected chi connectivity index (χ4v) is 4.01. The van der Waals surface area contributed by atoms with E-state index >= 15 is 0 Å². The number of amides is 2. The van der Waals surface area contributed by atoms with E-state index in [1.165, 1.54) is 11.8 Å². The van der Waals surface area contributed by atoms with Crippen molar-refractivity contribution in [3.63, 3.8) is 0 Å². The van der Waals surface area contributed by atoms with E-state index in [2.05, 4.69) is 10.6 Å². The van der Waals surface area contributed by atoms with Crippen molar-refractivity contribution in [2.75, 3.05) is 16.4 Å². The zero-order valence-electron chi connectivity index (χ0n) is 13.6. The van der Waals surface area contributed by atoms with E-state index in [4.69, 9.17) is 11.6 Å². The van der Waals surface area contributed by atoms with Crippen molar-refractivity contribution in [1.29, 1.82) is 0 Å². The van der Waals surface area contributed by atoms with Crippen LogP contribution in [-0.2, 0) is 16.0 Å². The van der Waals surface area contributed by atoms with Gasteiger partial charge in [0.2, 0.25) is 11.8 Å². The summed E-state index contributed by atoms with van der Waals surface area (Å²) in [4.78, 5) is 24.4. The molecule has 3 rings (SSSR count). The number of anilines is 2. The minimum atomic E-state index is -0.133. The highest BCUT2D eigenvalue weighted by molar-refractivity contribution is 8.00. The van der Waals surface area contributed by atoms with Gasteiger partial charge in [0.25, 0.3) is 0 Å². The normalized spacial score (nSPS) is 16.5. The molecule has 25 heavy (non-hydrogen) atoms. The molecule has 0 saturated carbocycles.